The summed E-state index contributed by atoms with van der Waals surface area (Å²) in [5.74, 6) is 2.05. The first-order valence-corrected chi connectivity index (χ1v) is 19.3. The Morgan fingerprint density at radius 1 is 0.614 bits per heavy atom. The average Bonchev–Trinajstić information content (AvgIpc) is 3.74. The van der Waals surface area contributed by atoms with Gasteiger partial charge in [-0.3, -0.25) is 0 Å². The molecule has 1 aliphatic heterocycles. The van der Waals surface area contributed by atoms with Crippen LogP contribution in [0.2, 0.25) is 0 Å². The van der Waals surface area contributed by atoms with E-state index in [2.05, 4.69) is 197 Å². The predicted molar refractivity (Wildman–Crippen MR) is 232 cm³/mol. The van der Waals surface area contributed by atoms with Gasteiger partial charge in [-0.1, -0.05) is 119 Å². The van der Waals surface area contributed by atoms with Crippen LogP contribution in [0.1, 0.15) is 58.2 Å². The third-order valence-electron chi connectivity index (χ3n) is 10.8. The van der Waals surface area contributed by atoms with Crippen LogP contribution in [0.3, 0.4) is 0 Å². The van der Waals surface area contributed by atoms with Gasteiger partial charge in [0, 0.05) is 61.3 Å². The number of fused-ring (bicyclic) bond motifs is 4. The van der Waals surface area contributed by atoms with E-state index in [9.17, 15) is 0 Å². The van der Waals surface area contributed by atoms with Gasteiger partial charge in [0.25, 0.3) is 0 Å². The summed E-state index contributed by atoms with van der Waals surface area (Å²) in [6.45, 7) is 17.8. The van der Waals surface area contributed by atoms with E-state index in [4.69, 9.17) is 9.72 Å². The molecule has 5 nitrogen and oxygen atoms in total. The molecule has 0 saturated carbocycles. The Kier molecular flexibility index (Phi) is 9.86. The van der Waals surface area contributed by atoms with Gasteiger partial charge in [-0.2, -0.15) is 6.07 Å². The zero-order valence-electron chi connectivity index (χ0n) is 33.4. The first-order chi connectivity index (χ1) is 26.9. The number of hydrogen-bond acceptors (Lipinski definition) is 4. The number of rotatable bonds is 6. The summed E-state index contributed by atoms with van der Waals surface area (Å²) >= 11 is 0. The SMILES string of the molecule is Cc1cc(C(C)(C)C)ccc1-c1cc(Oc2[c-]c(N3[CH-]N(c4ccccc4)c4ccccc43)ccc2)[c-]c2c1c1ccccc1n2-c1cc(C(C)(C)C)ccn1.[Pt]. The number of benzene rings is 6. The van der Waals surface area contributed by atoms with Crippen molar-refractivity contribution in [1.82, 2.24) is 9.55 Å². The summed E-state index contributed by atoms with van der Waals surface area (Å²) in [5.41, 5.74) is 12.1. The van der Waals surface area contributed by atoms with Crippen LogP contribution in [0, 0.1) is 25.7 Å². The van der Waals surface area contributed by atoms with Crippen molar-refractivity contribution < 1.29 is 25.8 Å². The van der Waals surface area contributed by atoms with E-state index in [1.807, 2.05) is 24.4 Å². The molecule has 0 unspecified atom stereocenters. The van der Waals surface area contributed by atoms with Gasteiger partial charge in [-0.25, -0.2) is 4.98 Å². The second-order valence-electron chi connectivity index (χ2n) is 16.7. The normalized spacial score (nSPS) is 12.9. The van der Waals surface area contributed by atoms with Crippen LogP contribution in [0.15, 0.2) is 140 Å². The first-order valence-electron chi connectivity index (χ1n) is 19.3. The molecule has 0 atom stereocenters. The summed E-state index contributed by atoms with van der Waals surface area (Å²) in [7, 11) is 0. The second-order valence-corrected chi connectivity index (χ2v) is 16.7. The number of para-hydroxylation sites is 4. The van der Waals surface area contributed by atoms with Gasteiger partial charge in [0.2, 0.25) is 0 Å². The third-order valence-corrected chi connectivity index (χ3v) is 10.8. The maximum Gasteiger partial charge on any atom is 0.135 e. The van der Waals surface area contributed by atoms with Crippen LogP contribution in [-0.2, 0) is 31.9 Å². The molecule has 6 aromatic carbocycles. The van der Waals surface area contributed by atoms with Crippen LogP contribution in [-0.4, -0.2) is 9.55 Å². The van der Waals surface area contributed by atoms with Crippen molar-refractivity contribution in [3.05, 3.63) is 175 Å². The van der Waals surface area contributed by atoms with Crippen molar-refractivity contribution in [2.24, 2.45) is 0 Å². The molecule has 0 bridgehead atoms. The van der Waals surface area contributed by atoms with E-state index < -0.39 is 0 Å². The minimum Gasteiger partial charge on any atom is -0.509 e. The van der Waals surface area contributed by atoms with Gasteiger partial charge < -0.3 is 19.1 Å². The molecule has 8 aromatic rings. The molecule has 57 heavy (non-hydrogen) atoms. The fraction of sp³-hybridized carbons (Fsp3) is 0.176. The zero-order valence-corrected chi connectivity index (χ0v) is 35.6. The molecular formula is C51H45N4OPt-3. The average molecular weight is 925 g/mol. The van der Waals surface area contributed by atoms with Gasteiger partial charge in [-0.15, -0.1) is 48.3 Å². The topological polar surface area (TPSA) is 33.5 Å². The van der Waals surface area contributed by atoms with Gasteiger partial charge in [0.1, 0.15) is 5.82 Å². The Morgan fingerprint density at radius 2 is 1.30 bits per heavy atom. The van der Waals surface area contributed by atoms with E-state index in [0.29, 0.717) is 11.5 Å². The molecule has 0 amide bonds. The minimum atomic E-state index is -0.0439. The van der Waals surface area contributed by atoms with Crippen molar-refractivity contribution in [2.45, 2.75) is 59.3 Å². The number of anilines is 4. The van der Waals surface area contributed by atoms with E-state index in [1.165, 1.54) is 16.7 Å². The molecule has 3 heterocycles. The molecule has 0 N–H and O–H groups in total. The molecule has 1 aliphatic rings. The number of pyridine rings is 1. The number of aromatic nitrogens is 2. The van der Waals surface area contributed by atoms with Gasteiger partial charge in [0.15, 0.2) is 0 Å². The molecule has 9 rings (SSSR count). The first kappa shape index (κ1) is 38.2. The van der Waals surface area contributed by atoms with Gasteiger partial charge >= 0.3 is 0 Å². The Labute approximate surface area is 350 Å². The van der Waals surface area contributed by atoms with Crippen LogP contribution in [0.4, 0.5) is 22.7 Å². The molecular weight excluding hydrogens is 880 g/mol. The Hall–Kier alpha value is -5.64. The summed E-state index contributed by atoms with van der Waals surface area (Å²) in [6, 6.07) is 54.1. The minimum absolute atomic E-state index is 0. The van der Waals surface area contributed by atoms with Crippen molar-refractivity contribution in [1.29, 1.82) is 0 Å². The summed E-state index contributed by atoms with van der Waals surface area (Å²) in [5, 5.41) is 2.26. The van der Waals surface area contributed by atoms with E-state index in [0.717, 1.165) is 61.5 Å². The van der Waals surface area contributed by atoms with E-state index in [1.54, 1.807) is 0 Å². The fourth-order valence-corrected chi connectivity index (χ4v) is 7.78. The number of nitrogens with zero attached hydrogens (tertiary/aromatic N) is 4. The molecule has 0 saturated heterocycles. The maximum atomic E-state index is 6.83. The molecule has 0 spiro atoms. The monoisotopic (exact) mass is 924 g/mol. The number of aryl methyl sites for hydroxylation is 1. The van der Waals surface area contributed by atoms with Crippen LogP contribution < -0.4 is 14.5 Å². The van der Waals surface area contributed by atoms with Crippen LogP contribution in [0.5, 0.6) is 11.5 Å². The zero-order chi connectivity index (χ0) is 38.8. The summed E-state index contributed by atoms with van der Waals surface area (Å²) in [6.07, 6.45) is 1.92. The van der Waals surface area contributed by atoms with E-state index >= 15 is 0 Å². The molecule has 0 aliphatic carbocycles. The standard InChI is InChI=1S/C51H45N4O.Pt/c1-34-28-35(50(2,3)4)24-25-41(34)43-31-40(32-47-49(43)42-20-11-12-21-44(42)55(47)48-29-36(26-27-52-48)51(5,6)7)56-39-19-15-18-38(30-39)54-33-53(37-16-9-8-10-17-37)45-22-13-14-23-46(45)54;/h8-29,31,33H,1-7H3;/q-3;. The van der Waals surface area contributed by atoms with Crippen LogP contribution >= 0.6 is 0 Å². The third kappa shape index (κ3) is 7.04. The quantitative estimate of drug-likeness (QED) is 0.156. The Bertz CT molecular complexity index is 2760. The van der Waals surface area contributed by atoms with Crippen molar-refractivity contribution >= 4 is 44.6 Å². The molecule has 288 valence electrons. The molecule has 2 aromatic heterocycles. The Morgan fingerprint density at radius 3 is 2.04 bits per heavy atom. The molecule has 0 fully saturated rings. The largest absolute Gasteiger partial charge is 0.509 e. The molecule has 0 radical (unpaired) electrons. The Balaban J connectivity index is 0.00000455. The fourth-order valence-electron chi connectivity index (χ4n) is 7.78. The van der Waals surface area contributed by atoms with Gasteiger partial charge in [0.05, 0.1) is 0 Å². The predicted octanol–water partition coefficient (Wildman–Crippen LogP) is 13.5. The molecule has 6 heteroatoms. The summed E-state index contributed by atoms with van der Waals surface area (Å²) < 4.78 is 9.07. The van der Waals surface area contributed by atoms with E-state index in [-0.39, 0.29) is 31.9 Å². The second kappa shape index (κ2) is 14.7. The van der Waals surface area contributed by atoms with Crippen LogP contribution in [0.25, 0.3) is 38.8 Å². The van der Waals surface area contributed by atoms with Crippen molar-refractivity contribution in [3.63, 3.8) is 0 Å². The smallest absolute Gasteiger partial charge is 0.135 e. The number of ether oxygens (including phenoxy) is 1. The van der Waals surface area contributed by atoms with Crippen molar-refractivity contribution in [2.75, 3.05) is 9.80 Å². The van der Waals surface area contributed by atoms with Gasteiger partial charge in [-0.05, 0) is 87.9 Å². The number of hydrogen-bond donors (Lipinski definition) is 0. The van der Waals surface area contributed by atoms with Crippen molar-refractivity contribution in [3.8, 4) is 28.4 Å². The maximum absolute atomic E-state index is 6.83. The summed E-state index contributed by atoms with van der Waals surface area (Å²) in [4.78, 5) is 9.33.